The average Bonchev–Trinajstić information content (AvgIpc) is 2.65. The van der Waals surface area contributed by atoms with Crippen molar-refractivity contribution in [3.05, 3.63) is 16.0 Å². The fourth-order valence-corrected chi connectivity index (χ4v) is 3.18. The van der Waals surface area contributed by atoms with Gasteiger partial charge in [0.2, 0.25) is 0 Å². The highest BCUT2D eigenvalue weighted by atomic mass is 32.1. The lowest BCUT2D eigenvalue weighted by atomic mass is 10.0. The third-order valence-corrected chi connectivity index (χ3v) is 4.08. The third kappa shape index (κ3) is 2.59. The van der Waals surface area contributed by atoms with Crippen LogP contribution in [0.3, 0.4) is 0 Å². The molecule has 8 heteroatoms. The summed E-state index contributed by atoms with van der Waals surface area (Å²) < 4.78 is 0. The number of fused-ring (bicyclic) bond motifs is 1. The minimum atomic E-state index is -1.64. The van der Waals surface area contributed by atoms with Gasteiger partial charge in [-0.3, -0.25) is 4.79 Å². The Kier molecular flexibility index (Phi) is 3.54. The predicted octanol–water partition coefficient (Wildman–Crippen LogP) is 0.457. The van der Waals surface area contributed by atoms with Gasteiger partial charge in [-0.15, -0.1) is 11.3 Å². The summed E-state index contributed by atoms with van der Waals surface area (Å²) in [5.41, 5.74) is 0.660. The Balaban J connectivity index is 2.41. The van der Waals surface area contributed by atoms with Crippen LogP contribution in [0.1, 0.15) is 20.8 Å². The summed E-state index contributed by atoms with van der Waals surface area (Å²) >= 11 is 1.14. The number of carboxylic acid groups (broad SMARTS) is 2. The number of carbonyl (C=O) groups excluding carboxylic acids is 1. The SMILES string of the molecule is CN1CCc2sc(NC(=O)C(=O)O)c(C(=O)O)c2C1. The van der Waals surface area contributed by atoms with Crippen molar-refractivity contribution in [1.29, 1.82) is 0 Å². The molecule has 0 aliphatic carbocycles. The van der Waals surface area contributed by atoms with Crippen molar-refractivity contribution in [3.8, 4) is 0 Å². The fourth-order valence-electron chi connectivity index (χ4n) is 1.99. The predicted molar refractivity (Wildman–Crippen MR) is 67.6 cm³/mol. The summed E-state index contributed by atoms with van der Waals surface area (Å²) in [6, 6.07) is 0. The van der Waals surface area contributed by atoms with Gasteiger partial charge in [0.05, 0.1) is 5.56 Å². The standard InChI is InChI=1S/C11H12N2O5S/c1-13-3-2-6-5(4-13)7(10(15)16)9(19-6)12-8(14)11(17)18/h2-4H2,1H3,(H,12,14)(H,15,16)(H,17,18). The Hall–Kier alpha value is -1.93. The molecule has 7 nitrogen and oxygen atoms in total. The first-order valence-electron chi connectivity index (χ1n) is 5.50. The summed E-state index contributed by atoms with van der Waals surface area (Å²) in [4.78, 5) is 35.8. The van der Waals surface area contributed by atoms with Crippen LogP contribution in [0.2, 0.25) is 0 Å². The monoisotopic (exact) mass is 284 g/mol. The Morgan fingerprint density at radius 1 is 1.32 bits per heavy atom. The highest BCUT2D eigenvalue weighted by Crippen LogP contribution is 2.36. The van der Waals surface area contributed by atoms with Crippen molar-refractivity contribution in [2.24, 2.45) is 0 Å². The number of amides is 1. The van der Waals surface area contributed by atoms with Gasteiger partial charge in [0.25, 0.3) is 0 Å². The number of nitrogens with one attached hydrogen (secondary N) is 1. The zero-order valence-corrected chi connectivity index (χ0v) is 10.9. The topological polar surface area (TPSA) is 107 Å². The molecule has 0 unspecified atom stereocenters. The second kappa shape index (κ2) is 4.98. The average molecular weight is 284 g/mol. The van der Waals surface area contributed by atoms with Crippen molar-refractivity contribution in [3.63, 3.8) is 0 Å². The molecule has 0 saturated heterocycles. The van der Waals surface area contributed by atoms with Crippen LogP contribution in [-0.2, 0) is 22.6 Å². The Labute approximate surface area is 112 Å². The molecule has 102 valence electrons. The largest absolute Gasteiger partial charge is 0.478 e. The number of likely N-dealkylation sites (N-methyl/N-ethyl adjacent to an activating group) is 1. The van der Waals surface area contributed by atoms with E-state index in [2.05, 4.69) is 5.32 Å². The number of hydrogen-bond donors (Lipinski definition) is 3. The molecule has 1 aromatic rings. The fraction of sp³-hybridized carbons (Fsp3) is 0.364. The first-order valence-corrected chi connectivity index (χ1v) is 6.32. The van der Waals surface area contributed by atoms with Gasteiger partial charge in [0.1, 0.15) is 5.00 Å². The highest BCUT2D eigenvalue weighted by molar-refractivity contribution is 7.17. The molecule has 0 spiro atoms. The molecule has 0 aromatic carbocycles. The molecule has 3 N–H and O–H groups in total. The highest BCUT2D eigenvalue weighted by Gasteiger charge is 2.28. The zero-order valence-electron chi connectivity index (χ0n) is 10.1. The maximum absolute atomic E-state index is 11.3. The van der Waals surface area contributed by atoms with Crippen molar-refractivity contribution in [2.45, 2.75) is 13.0 Å². The van der Waals surface area contributed by atoms with Gasteiger partial charge in [-0.05, 0) is 19.0 Å². The van der Waals surface area contributed by atoms with Gasteiger partial charge < -0.3 is 20.4 Å². The van der Waals surface area contributed by atoms with E-state index in [9.17, 15) is 19.5 Å². The molecule has 1 aliphatic rings. The number of thiophene rings is 1. The van der Waals surface area contributed by atoms with Crippen molar-refractivity contribution < 1.29 is 24.6 Å². The maximum atomic E-state index is 11.3. The smallest absolute Gasteiger partial charge is 0.394 e. The van der Waals surface area contributed by atoms with Gasteiger partial charge >= 0.3 is 17.8 Å². The summed E-state index contributed by atoms with van der Waals surface area (Å²) in [6.45, 7) is 1.29. The number of carbonyl (C=O) groups is 3. The van der Waals surface area contributed by atoms with E-state index in [0.717, 1.165) is 22.8 Å². The molecule has 1 aromatic heterocycles. The van der Waals surface area contributed by atoms with Gasteiger partial charge in [-0.2, -0.15) is 0 Å². The summed E-state index contributed by atoms with van der Waals surface area (Å²) in [6.07, 6.45) is 0.694. The molecule has 19 heavy (non-hydrogen) atoms. The number of rotatable bonds is 2. The Bertz CT molecular complexity index is 566. The molecular weight excluding hydrogens is 272 g/mol. The van der Waals surface area contributed by atoms with Crippen LogP contribution >= 0.6 is 11.3 Å². The molecule has 1 amide bonds. The molecule has 1 aliphatic heterocycles. The van der Waals surface area contributed by atoms with Gasteiger partial charge in [-0.1, -0.05) is 0 Å². The van der Waals surface area contributed by atoms with Crippen LogP contribution in [0, 0.1) is 0 Å². The molecular formula is C11H12N2O5S. The van der Waals surface area contributed by atoms with Crippen LogP contribution in [0.25, 0.3) is 0 Å². The first-order chi connectivity index (χ1) is 8.90. The molecule has 2 heterocycles. The van der Waals surface area contributed by atoms with Gasteiger partial charge in [0, 0.05) is 18.0 Å². The number of aliphatic carboxylic acids is 1. The summed E-state index contributed by atoms with van der Waals surface area (Å²) in [5.74, 6) is -4.03. The van der Waals surface area contributed by atoms with Crippen LogP contribution < -0.4 is 5.32 Å². The second-order valence-corrected chi connectivity index (χ2v) is 5.37. The van der Waals surface area contributed by atoms with Gasteiger partial charge in [0.15, 0.2) is 0 Å². The number of anilines is 1. The van der Waals surface area contributed by atoms with E-state index < -0.39 is 17.8 Å². The molecule has 2 rings (SSSR count). The lowest BCUT2D eigenvalue weighted by Crippen LogP contribution is -2.27. The quantitative estimate of drug-likeness (QED) is 0.681. The second-order valence-electron chi connectivity index (χ2n) is 4.26. The van der Waals surface area contributed by atoms with Gasteiger partial charge in [-0.25, -0.2) is 9.59 Å². The minimum Gasteiger partial charge on any atom is -0.478 e. The van der Waals surface area contributed by atoms with E-state index in [4.69, 9.17) is 5.11 Å². The zero-order chi connectivity index (χ0) is 14.2. The minimum absolute atomic E-state index is 0.00106. The van der Waals surface area contributed by atoms with Crippen LogP contribution in [0.4, 0.5) is 5.00 Å². The molecule has 0 radical (unpaired) electrons. The number of hydrogen-bond acceptors (Lipinski definition) is 5. The normalized spacial score (nSPS) is 14.8. The molecule has 0 saturated carbocycles. The van der Waals surface area contributed by atoms with E-state index in [1.165, 1.54) is 0 Å². The molecule has 0 fully saturated rings. The van der Waals surface area contributed by atoms with E-state index >= 15 is 0 Å². The number of carboxylic acids is 2. The van der Waals surface area contributed by atoms with Crippen molar-refractivity contribution >= 4 is 34.2 Å². The number of aromatic carboxylic acids is 1. The van der Waals surface area contributed by atoms with Crippen LogP contribution in [0.5, 0.6) is 0 Å². The summed E-state index contributed by atoms with van der Waals surface area (Å²) in [5, 5.41) is 20.0. The molecule has 0 bridgehead atoms. The lowest BCUT2D eigenvalue weighted by molar-refractivity contribution is -0.147. The maximum Gasteiger partial charge on any atom is 0.394 e. The molecule has 0 atom stereocenters. The van der Waals surface area contributed by atoms with Crippen LogP contribution in [0.15, 0.2) is 0 Å². The summed E-state index contributed by atoms with van der Waals surface area (Å²) in [7, 11) is 1.88. The van der Waals surface area contributed by atoms with E-state index in [-0.39, 0.29) is 10.6 Å². The van der Waals surface area contributed by atoms with E-state index in [1.807, 2.05) is 11.9 Å². The third-order valence-electron chi connectivity index (χ3n) is 2.87. The van der Waals surface area contributed by atoms with E-state index in [1.54, 1.807) is 0 Å². The van der Waals surface area contributed by atoms with E-state index in [0.29, 0.717) is 18.5 Å². The van der Waals surface area contributed by atoms with Crippen molar-refractivity contribution in [2.75, 3.05) is 18.9 Å². The first kappa shape index (κ1) is 13.5. The number of nitrogens with zero attached hydrogens (tertiary/aromatic N) is 1. The Morgan fingerprint density at radius 2 is 2.00 bits per heavy atom. The Morgan fingerprint density at radius 3 is 2.58 bits per heavy atom. The van der Waals surface area contributed by atoms with Crippen LogP contribution in [-0.4, -0.2) is 46.6 Å². The lowest BCUT2D eigenvalue weighted by Gasteiger charge is -2.22. The van der Waals surface area contributed by atoms with Crippen molar-refractivity contribution in [1.82, 2.24) is 4.90 Å².